The Labute approximate surface area is 185 Å². The Bertz CT molecular complexity index is 1380. The number of nitrogens with zero attached hydrogens (tertiary/aromatic N) is 4. The molecule has 2 heterocycles. The molecule has 0 N–H and O–H groups in total. The van der Waals surface area contributed by atoms with E-state index >= 15 is 0 Å². The molecule has 2 aromatic heterocycles. The number of fused-ring (bicyclic) bond motifs is 1. The standard InChI is InChI=1S/C25H26N4O3/c1-4-28-23-22(24(30)29(5-2)25(28)31)27(3)21(26-23)16-13-18-11-14-20(15-12-18)32-17-19-9-7-6-8-10-19/h6-16H,4-5,17H2,1-3H3/b16-13+. The van der Waals surface area contributed by atoms with Crippen LogP contribution in [0.25, 0.3) is 23.3 Å². The Morgan fingerprint density at radius 1 is 0.906 bits per heavy atom. The first-order chi connectivity index (χ1) is 15.5. The quantitative estimate of drug-likeness (QED) is 0.448. The lowest BCUT2D eigenvalue weighted by Gasteiger charge is -2.08. The van der Waals surface area contributed by atoms with Gasteiger partial charge in [0.25, 0.3) is 5.56 Å². The van der Waals surface area contributed by atoms with Crippen LogP contribution in [-0.4, -0.2) is 18.7 Å². The summed E-state index contributed by atoms with van der Waals surface area (Å²) in [6.45, 7) is 4.95. The molecule has 4 rings (SSSR count). The van der Waals surface area contributed by atoms with Crippen molar-refractivity contribution in [3.63, 3.8) is 0 Å². The van der Waals surface area contributed by atoms with Crippen LogP contribution in [0.3, 0.4) is 0 Å². The lowest BCUT2D eigenvalue weighted by molar-refractivity contribution is 0.306. The van der Waals surface area contributed by atoms with Gasteiger partial charge in [0.15, 0.2) is 11.2 Å². The Kier molecular flexibility index (Phi) is 6.07. The van der Waals surface area contributed by atoms with Gasteiger partial charge in [0.1, 0.15) is 18.2 Å². The van der Waals surface area contributed by atoms with Crippen molar-refractivity contribution in [3.8, 4) is 5.75 Å². The molecule has 0 fully saturated rings. The highest BCUT2D eigenvalue weighted by Gasteiger charge is 2.17. The van der Waals surface area contributed by atoms with Crippen LogP contribution in [-0.2, 0) is 26.7 Å². The van der Waals surface area contributed by atoms with Gasteiger partial charge in [-0.2, -0.15) is 0 Å². The molecular formula is C25H26N4O3. The van der Waals surface area contributed by atoms with Gasteiger partial charge >= 0.3 is 5.69 Å². The fourth-order valence-electron chi connectivity index (χ4n) is 3.68. The number of hydrogen-bond acceptors (Lipinski definition) is 4. The summed E-state index contributed by atoms with van der Waals surface area (Å²) in [5.41, 5.74) is 2.30. The molecule has 7 heteroatoms. The molecule has 0 saturated heterocycles. The lowest BCUT2D eigenvalue weighted by Crippen LogP contribution is -2.39. The predicted octanol–water partition coefficient (Wildman–Crippen LogP) is 3.69. The molecule has 7 nitrogen and oxygen atoms in total. The van der Waals surface area contributed by atoms with E-state index in [9.17, 15) is 9.59 Å². The van der Waals surface area contributed by atoms with Crippen LogP contribution < -0.4 is 16.0 Å². The summed E-state index contributed by atoms with van der Waals surface area (Å²) in [6.07, 6.45) is 3.77. The van der Waals surface area contributed by atoms with Gasteiger partial charge in [0.05, 0.1) is 0 Å². The number of hydrogen-bond donors (Lipinski definition) is 0. The predicted molar refractivity (Wildman–Crippen MR) is 127 cm³/mol. The maximum Gasteiger partial charge on any atom is 0.332 e. The first-order valence-corrected chi connectivity index (χ1v) is 10.7. The van der Waals surface area contributed by atoms with E-state index in [2.05, 4.69) is 4.98 Å². The molecule has 4 aromatic rings. The number of imidazole rings is 1. The fraction of sp³-hybridized carbons (Fsp3) is 0.240. The van der Waals surface area contributed by atoms with E-state index in [1.807, 2.05) is 73.7 Å². The third-order valence-electron chi connectivity index (χ3n) is 5.46. The Morgan fingerprint density at radius 3 is 2.25 bits per heavy atom. The average Bonchev–Trinajstić information content (AvgIpc) is 3.14. The van der Waals surface area contributed by atoms with Crippen molar-refractivity contribution >= 4 is 23.3 Å². The SMILES string of the molecule is CCn1c(=O)c2c(nc(/C=C/c3ccc(OCc4ccccc4)cc3)n2C)n(CC)c1=O. The minimum atomic E-state index is -0.327. The second-order valence-corrected chi connectivity index (χ2v) is 7.45. The molecule has 32 heavy (non-hydrogen) atoms. The smallest absolute Gasteiger partial charge is 0.332 e. The number of aryl methyl sites for hydroxylation is 2. The van der Waals surface area contributed by atoms with Gasteiger partial charge in [-0.1, -0.05) is 48.5 Å². The molecule has 0 atom stereocenters. The van der Waals surface area contributed by atoms with Gasteiger partial charge in [-0.25, -0.2) is 9.78 Å². The summed E-state index contributed by atoms with van der Waals surface area (Å²) < 4.78 is 10.4. The van der Waals surface area contributed by atoms with E-state index in [1.54, 1.807) is 18.5 Å². The molecule has 164 valence electrons. The van der Waals surface area contributed by atoms with E-state index in [0.717, 1.165) is 16.9 Å². The first kappa shape index (κ1) is 21.4. The maximum absolute atomic E-state index is 12.8. The van der Waals surface area contributed by atoms with Crippen molar-refractivity contribution in [1.29, 1.82) is 0 Å². The monoisotopic (exact) mass is 430 g/mol. The zero-order valence-electron chi connectivity index (χ0n) is 18.5. The highest BCUT2D eigenvalue weighted by Crippen LogP contribution is 2.17. The van der Waals surface area contributed by atoms with Crippen molar-refractivity contribution in [3.05, 3.63) is 92.4 Å². The van der Waals surface area contributed by atoms with Crippen molar-refractivity contribution in [2.24, 2.45) is 7.05 Å². The summed E-state index contributed by atoms with van der Waals surface area (Å²) >= 11 is 0. The lowest BCUT2D eigenvalue weighted by atomic mass is 10.2. The Hall–Kier alpha value is -3.87. The van der Waals surface area contributed by atoms with Crippen LogP contribution in [0.2, 0.25) is 0 Å². The molecule has 0 spiro atoms. The summed E-state index contributed by atoms with van der Waals surface area (Å²) in [6, 6.07) is 17.8. The van der Waals surface area contributed by atoms with Crippen molar-refractivity contribution in [1.82, 2.24) is 18.7 Å². The number of rotatable bonds is 7. The van der Waals surface area contributed by atoms with E-state index in [1.165, 1.54) is 9.13 Å². The summed E-state index contributed by atoms with van der Waals surface area (Å²) in [5.74, 6) is 1.40. The summed E-state index contributed by atoms with van der Waals surface area (Å²) in [5, 5.41) is 0. The van der Waals surface area contributed by atoms with E-state index < -0.39 is 0 Å². The van der Waals surface area contributed by atoms with Crippen LogP contribution in [0.1, 0.15) is 30.8 Å². The van der Waals surface area contributed by atoms with Gasteiger partial charge in [0, 0.05) is 20.1 Å². The molecule has 0 unspecified atom stereocenters. The van der Waals surface area contributed by atoms with Gasteiger partial charge < -0.3 is 9.30 Å². The number of benzene rings is 2. The van der Waals surface area contributed by atoms with Crippen molar-refractivity contribution in [2.45, 2.75) is 33.5 Å². The third-order valence-corrected chi connectivity index (χ3v) is 5.46. The fourth-order valence-corrected chi connectivity index (χ4v) is 3.68. The second-order valence-electron chi connectivity index (χ2n) is 7.45. The molecule has 0 aliphatic heterocycles. The molecule has 0 bridgehead atoms. The Balaban J connectivity index is 1.59. The molecular weight excluding hydrogens is 404 g/mol. The zero-order valence-corrected chi connectivity index (χ0v) is 18.5. The van der Waals surface area contributed by atoms with Crippen LogP contribution in [0.15, 0.2) is 64.2 Å². The van der Waals surface area contributed by atoms with Gasteiger partial charge in [-0.3, -0.25) is 13.9 Å². The molecule has 0 aliphatic carbocycles. The summed E-state index contributed by atoms with van der Waals surface area (Å²) in [4.78, 5) is 30.0. The first-order valence-electron chi connectivity index (χ1n) is 10.7. The van der Waals surface area contributed by atoms with E-state index in [-0.39, 0.29) is 11.2 Å². The normalized spacial score (nSPS) is 11.5. The molecule has 2 aromatic carbocycles. The zero-order chi connectivity index (χ0) is 22.7. The van der Waals surface area contributed by atoms with Gasteiger partial charge in [-0.15, -0.1) is 0 Å². The highest BCUT2D eigenvalue weighted by atomic mass is 16.5. The average molecular weight is 431 g/mol. The minimum absolute atomic E-state index is 0.313. The molecule has 0 amide bonds. The van der Waals surface area contributed by atoms with Crippen LogP contribution >= 0.6 is 0 Å². The van der Waals surface area contributed by atoms with Gasteiger partial charge in [-0.05, 0) is 43.2 Å². The highest BCUT2D eigenvalue weighted by molar-refractivity contribution is 5.76. The van der Waals surface area contributed by atoms with E-state index in [0.29, 0.717) is 36.7 Å². The topological polar surface area (TPSA) is 71.1 Å². The molecule has 0 radical (unpaired) electrons. The van der Waals surface area contributed by atoms with Crippen molar-refractivity contribution < 1.29 is 4.74 Å². The van der Waals surface area contributed by atoms with Gasteiger partial charge in [0.2, 0.25) is 0 Å². The Morgan fingerprint density at radius 2 is 1.59 bits per heavy atom. The number of ether oxygens (including phenoxy) is 1. The van der Waals surface area contributed by atoms with E-state index in [4.69, 9.17) is 4.74 Å². The summed E-state index contributed by atoms with van der Waals surface area (Å²) in [7, 11) is 1.79. The third kappa shape index (κ3) is 4.01. The van der Waals surface area contributed by atoms with Crippen molar-refractivity contribution in [2.75, 3.05) is 0 Å². The second kappa shape index (κ2) is 9.09. The van der Waals surface area contributed by atoms with Crippen LogP contribution in [0.4, 0.5) is 0 Å². The molecule has 0 aliphatic rings. The van der Waals surface area contributed by atoms with Crippen LogP contribution in [0, 0.1) is 0 Å². The number of aromatic nitrogens is 4. The molecule has 0 saturated carbocycles. The maximum atomic E-state index is 12.8. The van der Waals surface area contributed by atoms with Crippen LogP contribution in [0.5, 0.6) is 5.75 Å². The largest absolute Gasteiger partial charge is 0.489 e. The minimum Gasteiger partial charge on any atom is -0.489 e.